The van der Waals surface area contributed by atoms with Gasteiger partial charge in [0.2, 0.25) is 5.91 Å². The van der Waals surface area contributed by atoms with Gasteiger partial charge in [-0.3, -0.25) is 9.69 Å². The van der Waals surface area contributed by atoms with Gasteiger partial charge in [-0.1, -0.05) is 12.1 Å². The molecule has 9 heteroatoms. The summed E-state index contributed by atoms with van der Waals surface area (Å²) >= 11 is 1.64. The fraction of sp³-hybridized carbons (Fsp3) is 0.435. The Labute approximate surface area is 191 Å². The SMILES string of the molecule is COc1ccc(-c2csc3ncnc(N4CCN(CC(=O)N5CCOCC5)CC4)c23)cc1. The number of thiophene rings is 1. The van der Waals surface area contributed by atoms with E-state index in [9.17, 15) is 4.79 Å². The maximum Gasteiger partial charge on any atom is 0.236 e. The van der Waals surface area contributed by atoms with Crippen molar-refractivity contribution < 1.29 is 14.3 Å². The number of hydrogen-bond donors (Lipinski definition) is 0. The Morgan fingerprint density at radius 1 is 1.06 bits per heavy atom. The molecule has 168 valence electrons. The fourth-order valence-corrected chi connectivity index (χ4v) is 5.21. The van der Waals surface area contributed by atoms with Crippen LogP contribution in [0.4, 0.5) is 5.82 Å². The monoisotopic (exact) mass is 453 g/mol. The van der Waals surface area contributed by atoms with E-state index >= 15 is 0 Å². The molecule has 3 aromatic rings. The first kappa shape index (κ1) is 21.1. The molecule has 0 radical (unpaired) electrons. The van der Waals surface area contributed by atoms with Crippen molar-refractivity contribution in [2.24, 2.45) is 0 Å². The number of morpholine rings is 1. The minimum Gasteiger partial charge on any atom is -0.497 e. The third-order valence-corrected chi connectivity index (χ3v) is 7.03. The largest absolute Gasteiger partial charge is 0.497 e. The van der Waals surface area contributed by atoms with Gasteiger partial charge in [0.25, 0.3) is 0 Å². The summed E-state index contributed by atoms with van der Waals surface area (Å²) in [6, 6.07) is 8.11. The second-order valence-corrected chi connectivity index (χ2v) is 8.87. The van der Waals surface area contributed by atoms with E-state index in [1.54, 1.807) is 24.8 Å². The molecule has 2 saturated heterocycles. The van der Waals surface area contributed by atoms with Crippen molar-refractivity contribution in [2.75, 3.05) is 71.0 Å². The number of piperazine rings is 1. The molecule has 2 fully saturated rings. The number of rotatable bonds is 5. The minimum absolute atomic E-state index is 0.200. The zero-order valence-corrected chi connectivity index (χ0v) is 19.0. The van der Waals surface area contributed by atoms with Gasteiger partial charge in [0, 0.05) is 50.2 Å². The van der Waals surface area contributed by atoms with Gasteiger partial charge in [-0.2, -0.15) is 0 Å². The molecule has 0 saturated carbocycles. The highest BCUT2D eigenvalue weighted by atomic mass is 32.1. The lowest BCUT2D eigenvalue weighted by molar-refractivity contribution is -0.136. The van der Waals surface area contributed by atoms with Crippen LogP contribution < -0.4 is 9.64 Å². The zero-order chi connectivity index (χ0) is 21.9. The van der Waals surface area contributed by atoms with Gasteiger partial charge in [-0.05, 0) is 17.7 Å². The highest BCUT2D eigenvalue weighted by Crippen LogP contribution is 2.38. The lowest BCUT2D eigenvalue weighted by Crippen LogP contribution is -2.51. The third kappa shape index (κ3) is 4.28. The van der Waals surface area contributed by atoms with Gasteiger partial charge in [0.15, 0.2) is 0 Å². The molecule has 1 aromatic carbocycles. The molecule has 0 unspecified atom stereocenters. The quantitative estimate of drug-likeness (QED) is 0.587. The van der Waals surface area contributed by atoms with Gasteiger partial charge in [0.1, 0.15) is 22.7 Å². The molecule has 1 amide bonds. The summed E-state index contributed by atoms with van der Waals surface area (Å²) in [6.07, 6.45) is 1.65. The normalized spacial score (nSPS) is 17.7. The second kappa shape index (κ2) is 9.40. The number of hydrogen-bond acceptors (Lipinski definition) is 8. The van der Waals surface area contributed by atoms with E-state index in [1.807, 2.05) is 17.0 Å². The van der Waals surface area contributed by atoms with E-state index in [1.165, 1.54) is 0 Å². The summed E-state index contributed by atoms with van der Waals surface area (Å²) in [6.45, 7) is 6.49. The van der Waals surface area contributed by atoms with Gasteiger partial charge in [0.05, 0.1) is 32.3 Å². The first-order chi connectivity index (χ1) is 15.7. The molecule has 8 nitrogen and oxygen atoms in total. The van der Waals surface area contributed by atoms with Crippen LogP contribution in [0.2, 0.25) is 0 Å². The van der Waals surface area contributed by atoms with Crippen LogP contribution in [0, 0.1) is 0 Å². The summed E-state index contributed by atoms with van der Waals surface area (Å²) in [7, 11) is 1.68. The highest BCUT2D eigenvalue weighted by molar-refractivity contribution is 7.17. The minimum atomic E-state index is 0.200. The van der Waals surface area contributed by atoms with E-state index in [4.69, 9.17) is 9.47 Å². The van der Waals surface area contributed by atoms with Crippen LogP contribution in [0.3, 0.4) is 0 Å². The number of ether oxygens (including phenoxy) is 2. The molecule has 2 aromatic heterocycles. The molecule has 0 aliphatic carbocycles. The Balaban J connectivity index is 1.31. The molecule has 0 N–H and O–H groups in total. The molecule has 0 atom stereocenters. The fourth-order valence-electron chi connectivity index (χ4n) is 4.30. The van der Waals surface area contributed by atoms with Crippen LogP contribution in [-0.4, -0.2) is 91.8 Å². The Hall–Kier alpha value is -2.75. The third-order valence-electron chi connectivity index (χ3n) is 6.15. The number of methoxy groups -OCH3 is 1. The smallest absolute Gasteiger partial charge is 0.236 e. The van der Waals surface area contributed by atoms with E-state index in [0.29, 0.717) is 32.8 Å². The van der Waals surface area contributed by atoms with Gasteiger partial charge in [-0.15, -0.1) is 11.3 Å². The average molecular weight is 454 g/mol. The van der Waals surface area contributed by atoms with Crippen LogP contribution >= 0.6 is 11.3 Å². The molecule has 32 heavy (non-hydrogen) atoms. The predicted molar refractivity (Wildman–Crippen MR) is 125 cm³/mol. The number of aromatic nitrogens is 2. The van der Waals surface area contributed by atoms with E-state index in [2.05, 4.69) is 37.3 Å². The number of nitrogens with zero attached hydrogens (tertiary/aromatic N) is 5. The zero-order valence-electron chi connectivity index (χ0n) is 18.2. The van der Waals surface area contributed by atoms with Crippen molar-refractivity contribution in [1.29, 1.82) is 0 Å². The number of carbonyl (C=O) groups is 1. The van der Waals surface area contributed by atoms with Gasteiger partial charge in [-0.25, -0.2) is 9.97 Å². The van der Waals surface area contributed by atoms with Crippen LogP contribution in [-0.2, 0) is 9.53 Å². The van der Waals surface area contributed by atoms with Crippen molar-refractivity contribution in [3.63, 3.8) is 0 Å². The maximum absolute atomic E-state index is 12.6. The first-order valence-electron chi connectivity index (χ1n) is 10.9. The summed E-state index contributed by atoms with van der Waals surface area (Å²) in [4.78, 5) is 29.2. The molecule has 0 spiro atoms. The predicted octanol–water partition coefficient (Wildman–Crippen LogP) is 2.35. The Kier molecular flexibility index (Phi) is 6.20. The number of amides is 1. The van der Waals surface area contributed by atoms with Gasteiger partial charge < -0.3 is 19.3 Å². The number of carbonyl (C=O) groups excluding carboxylic acids is 1. The van der Waals surface area contributed by atoms with Crippen molar-refractivity contribution in [1.82, 2.24) is 19.8 Å². The van der Waals surface area contributed by atoms with Crippen molar-refractivity contribution >= 4 is 33.3 Å². The molecule has 4 heterocycles. The molecular weight excluding hydrogens is 426 g/mol. The lowest BCUT2D eigenvalue weighted by atomic mass is 10.1. The summed E-state index contributed by atoms with van der Waals surface area (Å²) < 4.78 is 10.7. The van der Waals surface area contributed by atoms with E-state index in [0.717, 1.165) is 59.1 Å². The van der Waals surface area contributed by atoms with Crippen LogP contribution in [0.15, 0.2) is 36.0 Å². The molecule has 5 rings (SSSR count). The van der Waals surface area contributed by atoms with Crippen LogP contribution in [0.5, 0.6) is 5.75 Å². The second-order valence-electron chi connectivity index (χ2n) is 8.01. The van der Waals surface area contributed by atoms with E-state index in [-0.39, 0.29) is 5.91 Å². The van der Waals surface area contributed by atoms with Crippen LogP contribution in [0.1, 0.15) is 0 Å². The molecule has 2 aliphatic heterocycles. The lowest BCUT2D eigenvalue weighted by Gasteiger charge is -2.36. The van der Waals surface area contributed by atoms with Crippen molar-refractivity contribution in [2.45, 2.75) is 0 Å². The number of benzene rings is 1. The molecule has 2 aliphatic rings. The summed E-state index contributed by atoms with van der Waals surface area (Å²) in [5.41, 5.74) is 2.27. The standard InChI is InChI=1S/C23H27N5O3S/c1-30-18-4-2-17(3-5-18)19-15-32-23-21(19)22(24-16-25-23)28-8-6-26(7-9-28)14-20(29)27-10-12-31-13-11-27/h2-5,15-16H,6-14H2,1H3. The number of fused-ring (bicyclic) bond motifs is 1. The van der Waals surface area contributed by atoms with Crippen molar-refractivity contribution in [3.05, 3.63) is 36.0 Å². The Morgan fingerprint density at radius 3 is 2.53 bits per heavy atom. The number of anilines is 1. The van der Waals surface area contributed by atoms with Gasteiger partial charge >= 0.3 is 0 Å². The average Bonchev–Trinajstić information content (AvgIpc) is 3.29. The maximum atomic E-state index is 12.6. The summed E-state index contributed by atoms with van der Waals surface area (Å²) in [5.74, 6) is 2.01. The Morgan fingerprint density at radius 2 is 1.81 bits per heavy atom. The topological polar surface area (TPSA) is 71.0 Å². The molecule has 0 bridgehead atoms. The Bertz CT molecular complexity index is 1070. The molecular formula is C23H27N5O3S. The van der Waals surface area contributed by atoms with E-state index < -0.39 is 0 Å². The summed E-state index contributed by atoms with van der Waals surface area (Å²) in [5, 5.41) is 3.25. The highest BCUT2D eigenvalue weighted by Gasteiger charge is 2.25. The van der Waals surface area contributed by atoms with Crippen molar-refractivity contribution in [3.8, 4) is 16.9 Å². The van der Waals surface area contributed by atoms with Crippen LogP contribution in [0.25, 0.3) is 21.3 Å². The first-order valence-corrected chi connectivity index (χ1v) is 11.8.